The molecule has 0 heterocycles. The average Bonchev–Trinajstić information content (AvgIpc) is 2.74. The van der Waals surface area contributed by atoms with Crippen LogP contribution in [0.15, 0.2) is 72.8 Å². The van der Waals surface area contributed by atoms with Gasteiger partial charge in [-0.25, -0.2) is 0 Å². The first-order chi connectivity index (χ1) is 13.9. The number of hydrogen-bond donors (Lipinski definition) is 2. The van der Waals surface area contributed by atoms with Crippen LogP contribution in [-0.4, -0.2) is 25.4 Å². The van der Waals surface area contributed by atoms with Gasteiger partial charge in [0, 0.05) is 29.0 Å². The van der Waals surface area contributed by atoms with Gasteiger partial charge in [-0.1, -0.05) is 47.5 Å². The first-order valence-corrected chi connectivity index (χ1v) is 9.61. The van der Waals surface area contributed by atoms with E-state index in [-0.39, 0.29) is 18.4 Å². The zero-order valence-corrected chi connectivity index (χ0v) is 17.2. The van der Waals surface area contributed by atoms with Crippen molar-refractivity contribution in [3.63, 3.8) is 0 Å². The Morgan fingerprint density at radius 3 is 2.45 bits per heavy atom. The smallest absolute Gasteiger partial charge is 0.258 e. The van der Waals surface area contributed by atoms with Crippen molar-refractivity contribution in [1.82, 2.24) is 0 Å². The summed E-state index contributed by atoms with van der Waals surface area (Å²) in [6.07, 6.45) is 0. The Morgan fingerprint density at radius 1 is 0.931 bits per heavy atom. The van der Waals surface area contributed by atoms with Crippen LogP contribution in [0.3, 0.4) is 0 Å². The molecule has 0 bridgehead atoms. The summed E-state index contributed by atoms with van der Waals surface area (Å²) >= 11 is 12.0. The summed E-state index contributed by atoms with van der Waals surface area (Å²) in [6.45, 7) is 0.00894. The van der Waals surface area contributed by atoms with Crippen LogP contribution in [0.25, 0.3) is 0 Å². The molecule has 0 aromatic heterocycles. The van der Waals surface area contributed by atoms with Crippen LogP contribution < -0.4 is 15.5 Å². The van der Waals surface area contributed by atoms with Crippen LogP contribution in [-0.2, 0) is 4.79 Å². The molecule has 0 aliphatic heterocycles. The van der Waals surface area contributed by atoms with Gasteiger partial charge in [-0.15, -0.1) is 0 Å². The van der Waals surface area contributed by atoms with Gasteiger partial charge in [-0.05, 0) is 48.5 Å². The molecular weight excluding hydrogens is 409 g/mol. The summed E-state index contributed by atoms with van der Waals surface area (Å²) in [5.74, 6) is -0.428. The molecule has 29 heavy (non-hydrogen) atoms. The lowest BCUT2D eigenvalue weighted by atomic mass is 10.1. The van der Waals surface area contributed by atoms with Gasteiger partial charge in [-0.2, -0.15) is 0 Å². The maximum atomic E-state index is 12.7. The van der Waals surface area contributed by atoms with Crippen LogP contribution in [0.4, 0.5) is 17.1 Å². The molecule has 5 nitrogen and oxygen atoms in total. The highest BCUT2D eigenvalue weighted by Crippen LogP contribution is 2.25. The molecule has 3 rings (SSSR count). The van der Waals surface area contributed by atoms with Crippen LogP contribution in [0.2, 0.25) is 10.0 Å². The first-order valence-electron chi connectivity index (χ1n) is 8.86. The molecule has 0 atom stereocenters. The number of rotatable bonds is 6. The van der Waals surface area contributed by atoms with E-state index in [1.807, 2.05) is 30.3 Å². The Labute approximate surface area is 179 Å². The monoisotopic (exact) mass is 427 g/mol. The van der Waals surface area contributed by atoms with Crippen molar-refractivity contribution < 1.29 is 9.59 Å². The first kappa shape index (κ1) is 20.7. The van der Waals surface area contributed by atoms with Crippen LogP contribution in [0.5, 0.6) is 0 Å². The summed E-state index contributed by atoms with van der Waals surface area (Å²) in [5, 5.41) is 6.60. The second-order valence-corrected chi connectivity index (χ2v) is 7.15. The molecule has 7 heteroatoms. The lowest BCUT2D eigenvalue weighted by Crippen LogP contribution is -2.26. The highest BCUT2D eigenvalue weighted by Gasteiger charge is 2.14. The second kappa shape index (κ2) is 9.45. The van der Waals surface area contributed by atoms with Crippen molar-refractivity contribution >= 4 is 52.1 Å². The summed E-state index contributed by atoms with van der Waals surface area (Å²) in [7, 11) is 1.72. The molecule has 2 amide bonds. The van der Waals surface area contributed by atoms with E-state index >= 15 is 0 Å². The molecule has 0 aliphatic rings. The van der Waals surface area contributed by atoms with E-state index < -0.39 is 0 Å². The number of nitrogens with one attached hydrogen (secondary N) is 2. The topological polar surface area (TPSA) is 61.4 Å². The van der Waals surface area contributed by atoms with Crippen molar-refractivity contribution in [2.45, 2.75) is 0 Å². The number of amides is 2. The zero-order valence-electron chi connectivity index (χ0n) is 15.7. The van der Waals surface area contributed by atoms with E-state index in [1.54, 1.807) is 54.4 Å². The van der Waals surface area contributed by atoms with Crippen LogP contribution in [0.1, 0.15) is 10.4 Å². The fraction of sp³-hybridized carbons (Fsp3) is 0.0909. The lowest BCUT2D eigenvalue weighted by Gasteiger charge is -2.18. The SMILES string of the molecule is CN(C(=O)c1cccc(NCC(=O)Nc2cc(Cl)ccc2Cl)c1)c1ccccc1. The van der Waals surface area contributed by atoms with E-state index in [2.05, 4.69) is 10.6 Å². The number of hydrogen-bond acceptors (Lipinski definition) is 3. The number of carbonyl (C=O) groups is 2. The van der Waals surface area contributed by atoms with Gasteiger partial charge in [0.05, 0.1) is 17.3 Å². The predicted molar refractivity (Wildman–Crippen MR) is 119 cm³/mol. The minimum atomic E-state index is -0.285. The fourth-order valence-corrected chi connectivity index (χ4v) is 3.03. The van der Waals surface area contributed by atoms with Crippen LogP contribution >= 0.6 is 23.2 Å². The molecule has 2 N–H and O–H groups in total. The Balaban J connectivity index is 1.63. The lowest BCUT2D eigenvalue weighted by molar-refractivity contribution is -0.114. The summed E-state index contributed by atoms with van der Waals surface area (Å²) < 4.78 is 0. The minimum Gasteiger partial charge on any atom is -0.376 e. The molecule has 3 aromatic carbocycles. The van der Waals surface area contributed by atoms with Gasteiger partial charge in [-0.3, -0.25) is 9.59 Å². The summed E-state index contributed by atoms with van der Waals surface area (Å²) in [5.41, 5.74) is 2.41. The molecule has 0 unspecified atom stereocenters. The Bertz CT molecular complexity index is 1030. The average molecular weight is 428 g/mol. The largest absolute Gasteiger partial charge is 0.376 e. The Morgan fingerprint density at radius 2 is 1.69 bits per heavy atom. The minimum absolute atomic E-state index is 0.00894. The highest BCUT2D eigenvalue weighted by molar-refractivity contribution is 6.35. The molecular formula is C22H19Cl2N3O2. The molecule has 148 valence electrons. The zero-order chi connectivity index (χ0) is 20.8. The van der Waals surface area contributed by atoms with Crippen LogP contribution in [0, 0.1) is 0 Å². The van der Waals surface area contributed by atoms with Gasteiger partial charge in [0.1, 0.15) is 0 Å². The maximum absolute atomic E-state index is 12.7. The summed E-state index contributed by atoms with van der Waals surface area (Å²) in [6, 6.07) is 21.2. The van der Waals surface area contributed by atoms with E-state index in [0.29, 0.717) is 27.0 Å². The molecule has 0 saturated carbocycles. The molecule has 0 spiro atoms. The van der Waals surface area contributed by atoms with Crippen molar-refractivity contribution in [3.05, 3.63) is 88.4 Å². The number of para-hydroxylation sites is 1. The van der Waals surface area contributed by atoms with Crippen molar-refractivity contribution in [3.8, 4) is 0 Å². The summed E-state index contributed by atoms with van der Waals surface area (Å²) in [4.78, 5) is 26.5. The number of benzene rings is 3. The number of anilines is 3. The molecule has 3 aromatic rings. The molecule has 0 radical (unpaired) electrons. The molecule has 0 fully saturated rings. The fourth-order valence-electron chi connectivity index (χ4n) is 2.69. The Kier molecular flexibility index (Phi) is 6.75. The van der Waals surface area contributed by atoms with Gasteiger partial charge < -0.3 is 15.5 Å². The highest BCUT2D eigenvalue weighted by atomic mass is 35.5. The van der Waals surface area contributed by atoms with E-state index in [9.17, 15) is 9.59 Å². The third kappa shape index (κ3) is 5.50. The predicted octanol–water partition coefficient (Wildman–Crippen LogP) is 5.32. The maximum Gasteiger partial charge on any atom is 0.258 e. The van der Waals surface area contributed by atoms with E-state index in [4.69, 9.17) is 23.2 Å². The number of halogens is 2. The molecule has 0 aliphatic carbocycles. The van der Waals surface area contributed by atoms with Gasteiger partial charge in [0.15, 0.2) is 0 Å². The third-order valence-corrected chi connectivity index (χ3v) is 4.78. The van der Waals surface area contributed by atoms with E-state index in [1.165, 1.54) is 0 Å². The van der Waals surface area contributed by atoms with Crippen molar-refractivity contribution in [1.29, 1.82) is 0 Å². The second-order valence-electron chi connectivity index (χ2n) is 6.31. The van der Waals surface area contributed by atoms with Gasteiger partial charge >= 0.3 is 0 Å². The number of nitrogens with zero attached hydrogens (tertiary/aromatic N) is 1. The van der Waals surface area contributed by atoms with Gasteiger partial charge in [0.2, 0.25) is 5.91 Å². The third-order valence-electron chi connectivity index (χ3n) is 4.21. The van der Waals surface area contributed by atoms with Crippen molar-refractivity contribution in [2.75, 3.05) is 29.1 Å². The molecule has 0 saturated heterocycles. The Hall–Kier alpha value is -3.02. The normalized spacial score (nSPS) is 10.3. The number of carbonyl (C=O) groups excluding carboxylic acids is 2. The quantitative estimate of drug-likeness (QED) is 0.559. The standard InChI is InChI=1S/C22H19Cl2N3O2/c1-27(18-8-3-2-4-9-18)22(29)15-6-5-7-17(12-15)25-14-21(28)26-20-13-16(23)10-11-19(20)24/h2-13,25H,14H2,1H3,(H,26,28). The van der Waals surface area contributed by atoms with Gasteiger partial charge in [0.25, 0.3) is 5.91 Å². The van der Waals surface area contributed by atoms with E-state index in [0.717, 1.165) is 5.69 Å². The van der Waals surface area contributed by atoms with Crippen molar-refractivity contribution in [2.24, 2.45) is 0 Å².